The summed E-state index contributed by atoms with van der Waals surface area (Å²) < 4.78 is 0. The van der Waals surface area contributed by atoms with E-state index in [4.69, 9.17) is 10.4 Å². The zero-order valence-electron chi connectivity index (χ0n) is 12.7. The Morgan fingerprint density at radius 1 is 1.33 bits per heavy atom. The second-order valence-electron chi connectivity index (χ2n) is 5.56. The Morgan fingerprint density at radius 2 is 1.95 bits per heavy atom. The molecular weight excluding hydrogens is 284 g/mol. The monoisotopic (exact) mass is 306 g/mol. The quantitative estimate of drug-likeness (QED) is 0.584. The van der Waals surface area contributed by atoms with Crippen molar-refractivity contribution in [3.05, 3.63) is 24.3 Å². The van der Waals surface area contributed by atoms with Crippen LogP contribution < -0.4 is 4.90 Å². The molecule has 1 aromatic rings. The van der Waals surface area contributed by atoms with Crippen molar-refractivity contribution >= 4 is 23.4 Å². The first kappa shape index (κ1) is 17.4. The first-order valence-corrected chi connectivity index (χ1v) is 7.89. The van der Waals surface area contributed by atoms with E-state index in [1.165, 1.54) is 0 Å². The number of carboxylic acids is 1. The fraction of sp³-hybridized carbons (Fsp3) is 0.500. The Hall–Kier alpha value is -1.67. The summed E-state index contributed by atoms with van der Waals surface area (Å²) >= 11 is 1.13. The van der Waals surface area contributed by atoms with Crippen LogP contribution in [0.4, 0.5) is 5.69 Å². The number of aliphatic carboxylic acids is 1. The van der Waals surface area contributed by atoms with Gasteiger partial charge in [-0.1, -0.05) is 20.8 Å². The molecule has 4 nitrogen and oxygen atoms in total. The molecule has 1 N–H and O–H groups in total. The fourth-order valence-electron chi connectivity index (χ4n) is 1.93. The molecule has 0 spiro atoms. The predicted molar refractivity (Wildman–Crippen MR) is 86.4 cm³/mol. The number of nitriles is 1. The van der Waals surface area contributed by atoms with Crippen molar-refractivity contribution in [2.45, 2.75) is 32.1 Å². The molecule has 1 atom stereocenters. The van der Waals surface area contributed by atoms with E-state index in [1.807, 2.05) is 29.7 Å². The SMILES string of the molecule is CC(C)CCN(CC(C)C(=O)O)c1ccc(SC#N)cc1. The van der Waals surface area contributed by atoms with Gasteiger partial charge in [0.05, 0.1) is 5.92 Å². The molecule has 0 heterocycles. The molecule has 0 aromatic heterocycles. The number of anilines is 1. The topological polar surface area (TPSA) is 64.3 Å². The van der Waals surface area contributed by atoms with Crippen LogP contribution in [0.1, 0.15) is 27.2 Å². The fourth-order valence-corrected chi connectivity index (χ4v) is 2.30. The third-order valence-corrected chi connectivity index (χ3v) is 3.86. The van der Waals surface area contributed by atoms with E-state index in [0.717, 1.165) is 35.3 Å². The van der Waals surface area contributed by atoms with Crippen molar-refractivity contribution in [2.75, 3.05) is 18.0 Å². The number of benzene rings is 1. The molecule has 0 fully saturated rings. The first-order valence-electron chi connectivity index (χ1n) is 7.07. The molecule has 5 heteroatoms. The number of thioether (sulfide) groups is 1. The maximum absolute atomic E-state index is 11.1. The van der Waals surface area contributed by atoms with E-state index >= 15 is 0 Å². The van der Waals surface area contributed by atoms with Crippen LogP contribution in [0.2, 0.25) is 0 Å². The Labute approximate surface area is 130 Å². The molecule has 1 unspecified atom stereocenters. The molecule has 0 radical (unpaired) electrons. The number of carbonyl (C=O) groups is 1. The molecule has 114 valence electrons. The lowest BCUT2D eigenvalue weighted by atomic mass is 10.1. The van der Waals surface area contributed by atoms with Crippen LogP contribution in [0.15, 0.2) is 29.2 Å². The molecule has 0 bridgehead atoms. The van der Waals surface area contributed by atoms with Crippen molar-refractivity contribution in [3.63, 3.8) is 0 Å². The summed E-state index contributed by atoms with van der Waals surface area (Å²) in [7, 11) is 0. The Bertz CT molecular complexity index is 494. The average molecular weight is 306 g/mol. The van der Waals surface area contributed by atoms with E-state index in [2.05, 4.69) is 18.7 Å². The number of hydrogen-bond donors (Lipinski definition) is 1. The maximum Gasteiger partial charge on any atom is 0.308 e. The van der Waals surface area contributed by atoms with Gasteiger partial charge in [0.25, 0.3) is 0 Å². The average Bonchev–Trinajstić information content (AvgIpc) is 2.44. The number of nitrogens with zero attached hydrogens (tertiary/aromatic N) is 2. The molecular formula is C16H22N2O2S. The largest absolute Gasteiger partial charge is 0.481 e. The van der Waals surface area contributed by atoms with Crippen molar-refractivity contribution in [2.24, 2.45) is 11.8 Å². The molecule has 0 saturated carbocycles. The molecule has 1 rings (SSSR count). The van der Waals surface area contributed by atoms with Crippen LogP contribution in [-0.2, 0) is 4.79 Å². The van der Waals surface area contributed by atoms with E-state index in [0.29, 0.717) is 12.5 Å². The minimum atomic E-state index is -0.777. The number of hydrogen-bond acceptors (Lipinski definition) is 4. The van der Waals surface area contributed by atoms with E-state index in [1.54, 1.807) is 6.92 Å². The van der Waals surface area contributed by atoms with Gasteiger partial charge in [-0.15, -0.1) is 0 Å². The van der Waals surface area contributed by atoms with Gasteiger partial charge in [0.2, 0.25) is 0 Å². The smallest absolute Gasteiger partial charge is 0.308 e. The molecule has 0 saturated heterocycles. The van der Waals surface area contributed by atoms with Gasteiger partial charge in [-0.2, -0.15) is 5.26 Å². The Kier molecular flexibility index (Phi) is 7.10. The van der Waals surface area contributed by atoms with Gasteiger partial charge < -0.3 is 10.0 Å². The van der Waals surface area contributed by atoms with Crippen LogP contribution in [0.5, 0.6) is 0 Å². The molecule has 0 aliphatic carbocycles. The van der Waals surface area contributed by atoms with Gasteiger partial charge in [-0.25, -0.2) is 0 Å². The zero-order valence-corrected chi connectivity index (χ0v) is 13.6. The number of rotatable bonds is 8. The highest BCUT2D eigenvalue weighted by Crippen LogP contribution is 2.23. The van der Waals surface area contributed by atoms with Crippen molar-refractivity contribution in [1.82, 2.24) is 0 Å². The lowest BCUT2D eigenvalue weighted by Gasteiger charge is -2.27. The second kappa shape index (κ2) is 8.58. The minimum absolute atomic E-state index is 0.412. The van der Waals surface area contributed by atoms with Gasteiger partial charge in [0.15, 0.2) is 0 Å². The Balaban J connectivity index is 2.83. The van der Waals surface area contributed by atoms with Gasteiger partial charge in [-0.05, 0) is 48.4 Å². The van der Waals surface area contributed by atoms with Gasteiger partial charge in [0, 0.05) is 23.7 Å². The van der Waals surface area contributed by atoms with Crippen LogP contribution in [0.25, 0.3) is 0 Å². The highest BCUT2D eigenvalue weighted by atomic mass is 32.2. The van der Waals surface area contributed by atoms with E-state index in [-0.39, 0.29) is 0 Å². The van der Waals surface area contributed by atoms with Gasteiger partial charge in [-0.3, -0.25) is 4.79 Å². The third kappa shape index (κ3) is 6.09. The van der Waals surface area contributed by atoms with Crippen LogP contribution in [-0.4, -0.2) is 24.2 Å². The molecule has 0 amide bonds. The summed E-state index contributed by atoms with van der Waals surface area (Å²) in [4.78, 5) is 14.1. The van der Waals surface area contributed by atoms with Gasteiger partial charge >= 0.3 is 5.97 Å². The van der Waals surface area contributed by atoms with E-state index in [9.17, 15) is 4.79 Å². The zero-order chi connectivity index (χ0) is 15.8. The summed E-state index contributed by atoms with van der Waals surface area (Å²) in [6, 6.07) is 7.71. The molecule has 0 aliphatic heterocycles. The van der Waals surface area contributed by atoms with Crippen molar-refractivity contribution in [3.8, 4) is 5.40 Å². The summed E-state index contributed by atoms with van der Waals surface area (Å²) in [5, 5.41) is 19.8. The second-order valence-corrected chi connectivity index (χ2v) is 6.41. The number of carboxylic acid groups (broad SMARTS) is 1. The number of thiocyanates is 1. The highest BCUT2D eigenvalue weighted by Gasteiger charge is 2.17. The first-order chi connectivity index (χ1) is 9.93. The third-order valence-electron chi connectivity index (χ3n) is 3.26. The van der Waals surface area contributed by atoms with Crippen LogP contribution >= 0.6 is 11.8 Å². The van der Waals surface area contributed by atoms with Crippen molar-refractivity contribution in [1.29, 1.82) is 5.26 Å². The normalized spacial score (nSPS) is 12.0. The van der Waals surface area contributed by atoms with E-state index < -0.39 is 11.9 Å². The lowest BCUT2D eigenvalue weighted by Crippen LogP contribution is -2.33. The van der Waals surface area contributed by atoms with Crippen LogP contribution in [0, 0.1) is 22.5 Å². The van der Waals surface area contributed by atoms with Crippen LogP contribution in [0.3, 0.4) is 0 Å². The highest BCUT2D eigenvalue weighted by molar-refractivity contribution is 8.03. The molecule has 1 aromatic carbocycles. The van der Waals surface area contributed by atoms with Gasteiger partial charge in [0.1, 0.15) is 5.40 Å². The Morgan fingerprint density at radius 3 is 2.43 bits per heavy atom. The summed E-state index contributed by atoms with van der Waals surface area (Å²) in [6.07, 6.45) is 1.01. The lowest BCUT2D eigenvalue weighted by molar-refractivity contribution is -0.140. The van der Waals surface area contributed by atoms with Crippen molar-refractivity contribution < 1.29 is 9.90 Å². The standard InChI is InChI=1S/C16H22N2O2S/c1-12(2)8-9-18(10-13(3)16(19)20)14-4-6-15(7-5-14)21-11-17/h4-7,12-13H,8-10H2,1-3H3,(H,19,20). The maximum atomic E-state index is 11.1. The summed E-state index contributed by atoms with van der Waals surface area (Å²) in [6.45, 7) is 7.37. The molecule has 0 aliphatic rings. The predicted octanol–water partition coefficient (Wildman–Crippen LogP) is 3.83. The minimum Gasteiger partial charge on any atom is -0.481 e. The summed E-state index contributed by atoms with van der Waals surface area (Å²) in [5.41, 5.74) is 1.01. The summed E-state index contributed by atoms with van der Waals surface area (Å²) in [5.74, 6) is -0.618. The molecule has 21 heavy (non-hydrogen) atoms.